The van der Waals surface area contributed by atoms with Gasteiger partial charge in [0.05, 0.1) is 26.9 Å². The molecule has 226 valence electrons. The number of hydrogen-bond acceptors (Lipinski definition) is 5. The van der Waals surface area contributed by atoms with Crippen molar-refractivity contribution in [3.63, 3.8) is 0 Å². The fraction of sp³-hybridized carbons (Fsp3) is 0.242. The zero-order valence-electron chi connectivity index (χ0n) is 24.1. The quantitative estimate of drug-likeness (QED) is 0.183. The first kappa shape index (κ1) is 31.1. The first-order valence-corrected chi connectivity index (χ1v) is 13.5. The number of urea groups is 1. The molecule has 0 heterocycles. The summed E-state index contributed by atoms with van der Waals surface area (Å²) in [6.07, 6.45) is -4.08. The normalized spacial score (nSPS) is 11.0. The molecule has 0 fully saturated rings. The average molecular weight is 595 g/mol. The van der Waals surface area contributed by atoms with E-state index in [1.165, 1.54) is 31.3 Å². The summed E-state index contributed by atoms with van der Waals surface area (Å²) in [6, 6.07) is 24.5. The molecule has 0 saturated carbocycles. The molecule has 0 aromatic heterocycles. The van der Waals surface area contributed by atoms with Crippen LogP contribution in [0.1, 0.15) is 22.3 Å². The lowest BCUT2D eigenvalue weighted by Gasteiger charge is -2.24. The van der Waals surface area contributed by atoms with Gasteiger partial charge in [-0.2, -0.15) is 13.2 Å². The largest absolute Gasteiger partial charge is 0.493 e. The van der Waals surface area contributed by atoms with E-state index in [0.717, 1.165) is 28.8 Å². The highest BCUT2D eigenvalue weighted by atomic mass is 19.4. The fourth-order valence-corrected chi connectivity index (χ4v) is 4.41. The van der Waals surface area contributed by atoms with E-state index in [2.05, 4.69) is 5.32 Å². The summed E-state index contributed by atoms with van der Waals surface area (Å²) in [5.74, 6) is 2.16. The van der Waals surface area contributed by atoms with E-state index in [1.807, 2.05) is 48.5 Å². The Labute approximate surface area is 248 Å². The van der Waals surface area contributed by atoms with Gasteiger partial charge in [-0.05, 0) is 65.6 Å². The van der Waals surface area contributed by atoms with Gasteiger partial charge < -0.3 is 29.2 Å². The van der Waals surface area contributed by atoms with Crippen molar-refractivity contribution in [2.24, 2.45) is 0 Å². The SMILES string of the molecule is COc1ccc(CCN(Cc2ccc(OCc3ccccc3)c(OC)c2)C(=O)Nc2cccc(C(F)(F)F)c2)cc1OC. The van der Waals surface area contributed by atoms with Crippen LogP contribution >= 0.6 is 0 Å². The number of carbonyl (C=O) groups excluding carboxylic acids is 1. The van der Waals surface area contributed by atoms with Gasteiger partial charge in [0.1, 0.15) is 6.61 Å². The van der Waals surface area contributed by atoms with Crippen LogP contribution in [0, 0.1) is 0 Å². The summed E-state index contributed by atoms with van der Waals surface area (Å²) >= 11 is 0. The molecule has 4 aromatic carbocycles. The van der Waals surface area contributed by atoms with E-state index in [0.29, 0.717) is 36.0 Å². The van der Waals surface area contributed by atoms with Crippen molar-refractivity contribution in [2.45, 2.75) is 25.7 Å². The van der Waals surface area contributed by atoms with Crippen molar-refractivity contribution < 1.29 is 36.9 Å². The lowest BCUT2D eigenvalue weighted by atomic mass is 10.1. The Hall–Kier alpha value is -4.86. The van der Waals surface area contributed by atoms with Crippen LogP contribution in [0.2, 0.25) is 0 Å². The molecule has 43 heavy (non-hydrogen) atoms. The zero-order chi connectivity index (χ0) is 30.8. The molecular weight excluding hydrogens is 561 g/mol. The van der Waals surface area contributed by atoms with Crippen LogP contribution in [-0.4, -0.2) is 38.8 Å². The molecule has 4 rings (SSSR count). The standard InChI is InChI=1S/C33H33F3N2O5/c1-40-28-14-12-23(18-30(28)41-2)16-17-38(32(39)37-27-11-7-10-26(20-27)33(34,35)36)21-25-13-15-29(31(19-25)42-3)43-22-24-8-5-4-6-9-24/h4-15,18-20H,16-17,21-22H2,1-3H3,(H,37,39). The molecular formula is C33H33F3N2O5. The summed E-state index contributed by atoms with van der Waals surface area (Å²) in [7, 11) is 4.62. The third-order valence-electron chi connectivity index (χ3n) is 6.69. The molecule has 0 aliphatic heterocycles. The number of ether oxygens (including phenoxy) is 4. The van der Waals surface area contributed by atoms with Gasteiger partial charge in [0, 0.05) is 18.8 Å². The highest BCUT2D eigenvalue weighted by Crippen LogP contribution is 2.32. The van der Waals surface area contributed by atoms with Crippen molar-refractivity contribution >= 4 is 11.7 Å². The number of benzene rings is 4. The number of hydrogen-bond donors (Lipinski definition) is 1. The molecule has 0 aliphatic carbocycles. The number of carbonyl (C=O) groups is 1. The Morgan fingerprint density at radius 1 is 0.721 bits per heavy atom. The number of nitrogens with zero attached hydrogens (tertiary/aromatic N) is 1. The van der Waals surface area contributed by atoms with Crippen molar-refractivity contribution in [1.29, 1.82) is 0 Å². The highest BCUT2D eigenvalue weighted by Gasteiger charge is 2.30. The molecule has 0 radical (unpaired) electrons. The number of nitrogens with one attached hydrogen (secondary N) is 1. The molecule has 0 bridgehead atoms. The number of halogens is 3. The third kappa shape index (κ3) is 8.57. The van der Waals surface area contributed by atoms with Gasteiger partial charge in [-0.1, -0.05) is 48.5 Å². The Morgan fingerprint density at radius 2 is 1.37 bits per heavy atom. The van der Waals surface area contributed by atoms with Crippen LogP contribution in [0.5, 0.6) is 23.0 Å². The Balaban J connectivity index is 1.54. The second-order valence-corrected chi connectivity index (χ2v) is 9.63. The molecule has 4 aromatic rings. The average Bonchev–Trinajstić information content (AvgIpc) is 3.02. The summed E-state index contributed by atoms with van der Waals surface area (Å²) in [5, 5.41) is 2.62. The smallest absolute Gasteiger partial charge is 0.416 e. The third-order valence-corrected chi connectivity index (χ3v) is 6.69. The molecule has 0 spiro atoms. The molecule has 0 atom stereocenters. The number of alkyl halides is 3. The molecule has 0 saturated heterocycles. The van der Waals surface area contributed by atoms with Crippen LogP contribution in [0.15, 0.2) is 91.0 Å². The van der Waals surface area contributed by atoms with Crippen molar-refractivity contribution in [3.8, 4) is 23.0 Å². The van der Waals surface area contributed by atoms with E-state index in [4.69, 9.17) is 18.9 Å². The van der Waals surface area contributed by atoms with E-state index < -0.39 is 17.8 Å². The predicted octanol–water partition coefficient (Wildman–Crippen LogP) is 7.59. The summed E-state index contributed by atoms with van der Waals surface area (Å²) in [6.45, 7) is 0.773. The maximum absolute atomic E-state index is 13.4. The van der Waals surface area contributed by atoms with Crippen LogP contribution in [0.4, 0.5) is 23.7 Å². The number of rotatable bonds is 12. The van der Waals surface area contributed by atoms with Crippen molar-refractivity contribution in [2.75, 3.05) is 33.2 Å². The van der Waals surface area contributed by atoms with Gasteiger partial charge >= 0.3 is 12.2 Å². The van der Waals surface area contributed by atoms with Crippen LogP contribution in [0.3, 0.4) is 0 Å². The number of amides is 2. The topological polar surface area (TPSA) is 69.3 Å². The highest BCUT2D eigenvalue weighted by molar-refractivity contribution is 5.89. The van der Waals surface area contributed by atoms with E-state index in [-0.39, 0.29) is 18.8 Å². The van der Waals surface area contributed by atoms with Gasteiger partial charge in [0.25, 0.3) is 0 Å². The first-order valence-electron chi connectivity index (χ1n) is 13.5. The molecule has 0 unspecified atom stereocenters. The van der Waals surface area contributed by atoms with Gasteiger partial charge in [-0.15, -0.1) is 0 Å². The van der Waals surface area contributed by atoms with Crippen LogP contribution in [0.25, 0.3) is 0 Å². The number of anilines is 1. The maximum Gasteiger partial charge on any atom is 0.416 e. The molecule has 10 heteroatoms. The van der Waals surface area contributed by atoms with Gasteiger partial charge in [0.15, 0.2) is 23.0 Å². The van der Waals surface area contributed by atoms with Gasteiger partial charge in [0.2, 0.25) is 0 Å². The van der Waals surface area contributed by atoms with Gasteiger partial charge in [-0.25, -0.2) is 4.79 Å². The molecule has 0 aliphatic rings. The lowest BCUT2D eigenvalue weighted by molar-refractivity contribution is -0.137. The Morgan fingerprint density at radius 3 is 2.07 bits per heavy atom. The molecule has 7 nitrogen and oxygen atoms in total. The van der Waals surface area contributed by atoms with Crippen molar-refractivity contribution in [3.05, 3.63) is 113 Å². The second kappa shape index (κ2) is 14.4. The van der Waals surface area contributed by atoms with E-state index >= 15 is 0 Å². The van der Waals surface area contributed by atoms with E-state index in [1.54, 1.807) is 25.3 Å². The van der Waals surface area contributed by atoms with Gasteiger partial charge in [-0.3, -0.25) is 0 Å². The predicted molar refractivity (Wildman–Crippen MR) is 158 cm³/mol. The minimum absolute atomic E-state index is 0.0400. The number of methoxy groups -OCH3 is 3. The first-order chi connectivity index (χ1) is 20.7. The zero-order valence-corrected chi connectivity index (χ0v) is 24.1. The summed E-state index contributed by atoms with van der Waals surface area (Å²) < 4.78 is 62.0. The monoisotopic (exact) mass is 594 g/mol. The minimum atomic E-state index is -4.53. The Kier molecular flexibility index (Phi) is 10.4. The minimum Gasteiger partial charge on any atom is -0.493 e. The Bertz CT molecular complexity index is 1510. The van der Waals surface area contributed by atoms with E-state index in [9.17, 15) is 18.0 Å². The fourth-order valence-electron chi connectivity index (χ4n) is 4.41. The second-order valence-electron chi connectivity index (χ2n) is 9.63. The lowest BCUT2D eigenvalue weighted by Crippen LogP contribution is -2.36. The van der Waals surface area contributed by atoms with Crippen molar-refractivity contribution in [1.82, 2.24) is 4.90 Å². The summed E-state index contributed by atoms with van der Waals surface area (Å²) in [5.41, 5.74) is 1.82. The maximum atomic E-state index is 13.4. The van der Waals surface area contributed by atoms with Crippen LogP contribution < -0.4 is 24.3 Å². The molecule has 2 amide bonds. The van der Waals surface area contributed by atoms with Crippen LogP contribution in [-0.2, 0) is 25.7 Å². The summed E-state index contributed by atoms with van der Waals surface area (Å²) in [4.78, 5) is 15.0. The molecule has 1 N–H and O–H groups in total.